The maximum Gasteiger partial charge on any atom is 0.188 e. The molecule has 4 nitrogen and oxygen atoms in total. The first-order chi connectivity index (χ1) is 7.12. The molecule has 1 saturated carbocycles. The molecule has 0 amide bonds. The van der Waals surface area contributed by atoms with Crippen LogP contribution in [0.25, 0.3) is 0 Å². The highest BCUT2D eigenvalue weighted by atomic mass is 16.5. The van der Waals surface area contributed by atoms with E-state index >= 15 is 0 Å². The number of methoxy groups -OCH3 is 1. The highest BCUT2D eigenvalue weighted by Crippen LogP contribution is 2.48. The lowest BCUT2D eigenvalue weighted by molar-refractivity contribution is 0.179. The standard InChI is InChI=1S/C11H23N3O/c1-4-11(5-6-11)8-13-10(12)14-9(2)7-15-3/h9H,4-8H2,1-3H3,(H3,12,13,14). The topological polar surface area (TPSA) is 59.6 Å². The molecule has 1 aliphatic carbocycles. The average Bonchev–Trinajstić information content (AvgIpc) is 2.96. The van der Waals surface area contributed by atoms with Gasteiger partial charge in [0.2, 0.25) is 0 Å². The summed E-state index contributed by atoms with van der Waals surface area (Å²) in [6, 6.07) is 0.218. The lowest BCUT2D eigenvalue weighted by Gasteiger charge is -2.14. The van der Waals surface area contributed by atoms with E-state index in [0.29, 0.717) is 18.0 Å². The van der Waals surface area contributed by atoms with E-state index in [2.05, 4.69) is 17.2 Å². The van der Waals surface area contributed by atoms with E-state index in [1.54, 1.807) is 7.11 Å². The highest BCUT2D eigenvalue weighted by molar-refractivity contribution is 5.78. The first-order valence-corrected chi connectivity index (χ1v) is 5.67. The van der Waals surface area contributed by atoms with Gasteiger partial charge in [0.25, 0.3) is 0 Å². The van der Waals surface area contributed by atoms with Gasteiger partial charge >= 0.3 is 0 Å². The van der Waals surface area contributed by atoms with Gasteiger partial charge in [-0.15, -0.1) is 0 Å². The van der Waals surface area contributed by atoms with Crippen LogP contribution in [0.5, 0.6) is 0 Å². The molecular weight excluding hydrogens is 190 g/mol. The van der Waals surface area contributed by atoms with Crippen LogP contribution in [0, 0.1) is 5.41 Å². The largest absolute Gasteiger partial charge is 0.383 e. The number of aliphatic imine (C=N–C) groups is 1. The number of rotatable bonds is 6. The summed E-state index contributed by atoms with van der Waals surface area (Å²) in [6.45, 7) is 5.76. The molecule has 1 unspecified atom stereocenters. The smallest absolute Gasteiger partial charge is 0.188 e. The summed E-state index contributed by atoms with van der Waals surface area (Å²) in [7, 11) is 1.68. The minimum atomic E-state index is 0.218. The Hall–Kier alpha value is -0.770. The lowest BCUT2D eigenvalue weighted by atomic mass is 10.1. The van der Waals surface area contributed by atoms with E-state index in [-0.39, 0.29) is 6.04 Å². The summed E-state index contributed by atoms with van der Waals surface area (Å²) < 4.78 is 5.01. The Bertz CT molecular complexity index is 224. The molecule has 0 heterocycles. The second-order valence-corrected chi connectivity index (χ2v) is 4.56. The quantitative estimate of drug-likeness (QED) is 0.513. The molecule has 3 N–H and O–H groups in total. The summed E-state index contributed by atoms with van der Waals surface area (Å²) in [5, 5.41) is 3.11. The van der Waals surface area contributed by atoms with Crippen LogP contribution >= 0.6 is 0 Å². The van der Waals surface area contributed by atoms with Crippen molar-refractivity contribution in [2.75, 3.05) is 20.3 Å². The van der Waals surface area contributed by atoms with Crippen LogP contribution < -0.4 is 11.1 Å². The number of nitrogens with zero attached hydrogens (tertiary/aromatic N) is 1. The Morgan fingerprint density at radius 1 is 1.60 bits per heavy atom. The molecule has 0 aromatic rings. The maximum absolute atomic E-state index is 5.78. The van der Waals surface area contributed by atoms with Crippen LogP contribution in [0.2, 0.25) is 0 Å². The van der Waals surface area contributed by atoms with Gasteiger partial charge in [-0.25, -0.2) is 0 Å². The van der Waals surface area contributed by atoms with E-state index in [1.165, 1.54) is 19.3 Å². The Labute approximate surface area is 92.3 Å². The fourth-order valence-electron chi connectivity index (χ4n) is 1.64. The van der Waals surface area contributed by atoms with Crippen molar-refractivity contribution in [2.24, 2.45) is 16.1 Å². The Kier molecular flexibility index (Phi) is 4.39. The third-order valence-corrected chi connectivity index (χ3v) is 3.10. The van der Waals surface area contributed by atoms with Crippen LogP contribution in [0.3, 0.4) is 0 Å². The zero-order chi connectivity index (χ0) is 11.3. The van der Waals surface area contributed by atoms with E-state index < -0.39 is 0 Å². The third-order valence-electron chi connectivity index (χ3n) is 3.10. The van der Waals surface area contributed by atoms with Crippen molar-refractivity contribution >= 4 is 5.96 Å². The maximum atomic E-state index is 5.78. The average molecular weight is 213 g/mol. The molecule has 4 heteroatoms. The monoisotopic (exact) mass is 213 g/mol. The minimum Gasteiger partial charge on any atom is -0.383 e. The van der Waals surface area contributed by atoms with Crippen molar-refractivity contribution < 1.29 is 4.74 Å². The molecule has 0 aromatic heterocycles. The van der Waals surface area contributed by atoms with Crippen molar-refractivity contribution in [1.29, 1.82) is 0 Å². The Balaban J connectivity index is 2.26. The van der Waals surface area contributed by atoms with Crippen molar-refractivity contribution in [3.63, 3.8) is 0 Å². The molecule has 1 rings (SSSR count). The van der Waals surface area contributed by atoms with Gasteiger partial charge in [0, 0.05) is 19.7 Å². The van der Waals surface area contributed by atoms with Crippen molar-refractivity contribution in [3.05, 3.63) is 0 Å². The number of guanidine groups is 1. The van der Waals surface area contributed by atoms with E-state index in [1.807, 2.05) is 6.92 Å². The van der Waals surface area contributed by atoms with E-state index in [9.17, 15) is 0 Å². The van der Waals surface area contributed by atoms with E-state index in [4.69, 9.17) is 10.5 Å². The predicted molar refractivity (Wildman–Crippen MR) is 62.9 cm³/mol. The SMILES string of the molecule is CCC1(CN=C(N)NC(C)COC)CC1. The molecule has 15 heavy (non-hydrogen) atoms. The van der Waals surface area contributed by atoms with Crippen molar-refractivity contribution in [1.82, 2.24) is 5.32 Å². The molecule has 0 aliphatic heterocycles. The van der Waals surface area contributed by atoms with Crippen LogP contribution in [0.15, 0.2) is 4.99 Å². The zero-order valence-electron chi connectivity index (χ0n) is 10.0. The summed E-state index contributed by atoms with van der Waals surface area (Å²) in [4.78, 5) is 4.38. The number of nitrogens with one attached hydrogen (secondary N) is 1. The fraction of sp³-hybridized carbons (Fsp3) is 0.909. The molecule has 1 atom stereocenters. The first-order valence-electron chi connectivity index (χ1n) is 5.67. The van der Waals surface area contributed by atoms with Crippen molar-refractivity contribution in [2.45, 2.75) is 39.2 Å². The van der Waals surface area contributed by atoms with Crippen LogP contribution in [0.4, 0.5) is 0 Å². The summed E-state index contributed by atoms with van der Waals surface area (Å²) >= 11 is 0. The predicted octanol–water partition coefficient (Wildman–Crippen LogP) is 1.12. The second kappa shape index (κ2) is 5.35. The van der Waals surface area contributed by atoms with Gasteiger partial charge in [0.1, 0.15) is 0 Å². The van der Waals surface area contributed by atoms with Gasteiger partial charge in [0.15, 0.2) is 5.96 Å². The molecule has 0 aromatic carbocycles. The molecule has 0 spiro atoms. The number of hydrogen-bond donors (Lipinski definition) is 2. The normalized spacial score (nSPS) is 21.1. The van der Waals surface area contributed by atoms with Gasteiger partial charge in [-0.1, -0.05) is 6.92 Å². The van der Waals surface area contributed by atoms with Gasteiger partial charge in [-0.2, -0.15) is 0 Å². The van der Waals surface area contributed by atoms with Gasteiger partial charge in [-0.3, -0.25) is 4.99 Å². The van der Waals surface area contributed by atoms with Crippen LogP contribution in [0.1, 0.15) is 33.1 Å². The zero-order valence-corrected chi connectivity index (χ0v) is 10.0. The van der Waals surface area contributed by atoms with Gasteiger partial charge in [-0.05, 0) is 31.6 Å². The van der Waals surface area contributed by atoms with Crippen molar-refractivity contribution in [3.8, 4) is 0 Å². The first kappa shape index (κ1) is 12.3. The number of ether oxygens (including phenoxy) is 1. The van der Waals surface area contributed by atoms with Crippen LogP contribution in [-0.2, 0) is 4.74 Å². The Morgan fingerprint density at radius 2 is 2.27 bits per heavy atom. The number of nitrogens with two attached hydrogens (primary N) is 1. The molecule has 0 radical (unpaired) electrons. The van der Waals surface area contributed by atoms with Crippen LogP contribution in [-0.4, -0.2) is 32.3 Å². The van der Waals surface area contributed by atoms with Gasteiger partial charge in [0.05, 0.1) is 6.61 Å². The van der Waals surface area contributed by atoms with E-state index in [0.717, 1.165) is 6.54 Å². The lowest BCUT2D eigenvalue weighted by Crippen LogP contribution is -2.41. The molecule has 88 valence electrons. The minimum absolute atomic E-state index is 0.218. The molecule has 0 saturated heterocycles. The molecule has 1 fully saturated rings. The fourth-order valence-corrected chi connectivity index (χ4v) is 1.64. The number of hydrogen-bond acceptors (Lipinski definition) is 2. The molecular formula is C11H23N3O. The highest BCUT2D eigenvalue weighted by Gasteiger charge is 2.40. The summed E-state index contributed by atoms with van der Waals surface area (Å²) in [5.41, 5.74) is 6.25. The molecule has 0 bridgehead atoms. The second-order valence-electron chi connectivity index (χ2n) is 4.56. The molecule has 1 aliphatic rings. The summed E-state index contributed by atoms with van der Waals surface area (Å²) in [6.07, 6.45) is 3.80. The Morgan fingerprint density at radius 3 is 2.73 bits per heavy atom. The summed E-state index contributed by atoms with van der Waals surface area (Å²) in [5.74, 6) is 0.541. The third kappa shape index (κ3) is 4.08. The van der Waals surface area contributed by atoms with Gasteiger partial charge < -0.3 is 15.8 Å².